The Morgan fingerprint density at radius 3 is 3.00 bits per heavy atom. The van der Waals surface area contributed by atoms with E-state index in [0.29, 0.717) is 16.7 Å². The molecule has 0 atom stereocenters. The van der Waals surface area contributed by atoms with Crippen LogP contribution in [0.1, 0.15) is 16.7 Å². The minimum Gasteiger partial charge on any atom is -0.375 e. The summed E-state index contributed by atoms with van der Waals surface area (Å²) in [5.41, 5.74) is 0. The zero-order valence-electron chi connectivity index (χ0n) is 8.84. The largest absolute Gasteiger partial charge is 0.375 e. The molecule has 0 radical (unpaired) electrons. The topological polar surface area (TPSA) is 83.0 Å². The molecule has 2 aromatic heterocycles. The van der Waals surface area contributed by atoms with E-state index >= 15 is 0 Å². The van der Waals surface area contributed by atoms with E-state index in [1.807, 2.05) is 0 Å². The van der Waals surface area contributed by atoms with Gasteiger partial charge in [0.2, 0.25) is 0 Å². The highest BCUT2D eigenvalue weighted by molar-refractivity contribution is 7.08. The van der Waals surface area contributed by atoms with Gasteiger partial charge in [0, 0.05) is 7.11 Å². The van der Waals surface area contributed by atoms with E-state index in [1.165, 1.54) is 11.8 Å². The van der Waals surface area contributed by atoms with E-state index in [9.17, 15) is 4.79 Å². The minimum atomic E-state index is -0.129. The molecule has 0 bridgehead atoms. The van der Waals surface area contributed by atoms with Crippen LogP contribution in [0.3, 0.4) is 0 Å². The highest BCUT2D eigenvalue weighted by Crippen LogP contribution is 2.01. The van der Waals surface area contributed by atoms with Crippen molar-refractivity contribution in [3.63, 3.8) is 0 Å². The molecular formula is C8H10N4O3S. The van der Waals surface area contributed by atoms with Crippen LogP contribution < -0.4 is 4.87 Å². The average molecular weight is 242 g/mol. The Morgan fingerprint density at radius 2 is 2.38 bits per heavy atom. The van der Waals surface area contributed by atoms with Gasteiger partial charge in [0.1, 0.15) is 18.2 Å². The van der Waals surface area contributed by atoms with Crippen LogP contribution in [0.2, 0.25) is 0 Å². The summed E-state index contributed by atoms with van der Waals surface area (Å²) in [5, 5.41) is 8.46. The monoisotopic (exact) mass is 242 g/mol. The number of aryl methyl sites for hydroxylation is 1. The number of methoxy groups -OCH3 is 1. The Hall–Kier alpha value is -1.54. The molecule has 0 N–H and O–H groups in total. The van der Waals surface area contributed by atoms with Gasteiger partial charge < -0.3 is 9.26 Å². The highest BCUT2D eigenvalue weighted by atomic mass is 32.1. The lowest BCUT2D eigenvalue weighted by atomic mass is 10.6. The number of aromatic nitrogens is 4. The van der Waals surface area contributed by atoms with Crippen LogP contribution in [0.15, 0.2) is 9.32 Å². The quantitative estimate of drug-likeness (QED) is 0.761. The molecule has 0 aliphatic heterocycles. The molecule has 0 aliphatic rings. The normalized spacial score (nSPS) is 10.9. The smallest absolute Gasteiger partial charge is 0.325 e. The van der Waals surface area contributed by atoms with Crippen molar-refractivity contribution in [2.24, 2.45) is 0 Å². The summed E-state index contributed by atoms with van der Waals surface area (Å²) in [5.74, 6) is 0.803. The van der Waals surface area contributed by atoms with E-state index in [2.05, 4.69) is 15.2 Å². The van der Waals surface area contributed by atoms with Gasteiger partial charge in [-0.05, 0) is 6.92 Å². The van der Waals surface area contributed by atoms with E-state index < -0.39 is 0 Å². The molecule has 2 heterocycles. The van der Waals surface area contributed by atoms with Crippen LogP contribution >= 0.6 is 11.3 Å². The van der Waals surface area contributed by atoms with Crippen molar-refractivity contribution in [2.45, 2.75) is 20.1 Å². The predicted octanol–water partition coefficient (Wildman–Crippen LogP) is 0.191. The van der Waals surface area contributed by atoms with Gasteiger partial charge in [0.15, 0.2) is 5.82 Å². The summed E-state index contributed by atoms with van der Waals surface area (Å²) in [6.07, 6.45) is 0. The van der Waals surface area contributed by atoms with Crippen molar-refractivity contribution in [1.29, 1.82) is 0 Å². The second-order valence-corrected chi connectivity index (χ2v) is 4.23. The first kappa shape index (κ1) is 11.0. The van der Waals surface area contributed by atoms with E-state index in [4.69, 9.17) is 9.26 Å². The lowest BCUT2D eigenvalue weighted by Crippen LogP contribution is -2.16. The number of hydrogen-bond acceptors (Lipinski definition) is 7. The zero-order chi connectivity index (χ0) is 11.5. The van der Waals surface area contributed by atoms with Gasteiger partial charge in [-0.3, -0.25) is 4.79 Å². The Balaban J connectivity index is 2.14. The van der Waals surface area contributed by atoms with Crippen LogP contribution in [0.5, 0.6) is 0 Å². The molecule has 16 heavy (non-hydrogen) atoms. The first-order chi connectivity index (χ1) is 7.69. The summed E-state index contributed by atoms with van der Waals surface area (Å²) in [7, 11) is 1.54. The fourth-order valence-electron chi connectivity index (χ4n) is 1.18. The van der Waals surface area contributed by atoms with Crippen LogP contribution in [0, 0.1) is 6.92 Å². The maximum absolute atomic E-state index is 11.4. The molecular weight excluding hydrogens is 232 g/mol. The highest BCUT2D eigenvalue weighted by Gasteiger charge is 2.09. The van der Waals surface area contributed by atoms with Crippen LogP contribution in [-0.2, 0) is 17.9 Å². The lowest BCUT2D eigenvalue weighted by Gasteiger charge is -1.91. The summed E-state index contributed by atoms with van der Waals surface area (Å²) in [6, 6.07) is 0. The second-order valence-electron chi connectivity index (χ2n) is 3.08. The van der Waals surface area contributed by atoms with Gasteiger partial charge in [0.05, 0.1) is 0 Å². The van der Waals surface area contributed by atoms with Crippen LogP contribution in [0.4, 0.5) is 0 Å². The summed E-state index contributed by atoms with van der Waals surface area (Å²) in [4.78, 5) is 15.3. The van der Waals surface area contributed by atoms with E-state index in [1.54, 1.807) is 6.92 Å². The van der Waals surface area contributed by atoms with Gasteiger partial charge in [0.25, 0.3) is 5.89 Å². The predicted molar refractivity (Wildman–Crippen MR) is 55.2 cm³/mol. The Bertz CT molecular complexity index is 529. The fraction of sp³-hybridized carbons (Fsp3) is 0.500. The second kappa shape index (κ2) is 4.54. The van der Waals surface area contributed by atoms with Gasteiger partial charge in [-0.1, -0.05) is 16.5 Å². The number of ether oxygens (including phenoxy) is 1. The van der Waals surface area contributed by atoms with Gasteiger partial charge in [-0.15, -0.1) is 0 Å². The van der Waals surface area contributed by atoms with Gasteiger partial charge >= 0.3 is 4.87 Å². The van der Waals surface area contributed by atoms with Crippen LogP contribution in [0.25, 0.3) is 0 Å². The number of nitrogens with zero attached hydrogens (tertiary/aromatic N) is 4. The SMILES string of the molecule is COCc1nc(Cn2nc(C)sc2=O)no1. The first-order valence-corrected chi connectivity index (χ1v) is 5.35. The molecule has 0 unspecified atom stereocenters. The Morgan fingerprint density at radius 1 is 1.56 bits per heavy atom. The Kier molecular flexibility index (Phi) is 3.11. The lowest BCUT2D eigenvalue weighted by molar-refractivity contribution is 0.151. The Labute approximate surface area is 94.7 Å². The molecule has 8 heteroatoms. The van der Waals surface area contributed by atoms with E-state index in [0.717, 1.165) is 11.3 Å². The summed E-state index contributed by atoms with van der Waals surface area (Å²) >= 11 is 1.09. The third kappa shape index (κ3) is 2.34. The number of rotatable bonds is 4. The maximum Gasteiger partial charge on any atom is 0.325 e. The van der Waals surface area contributed by atoms with Crippen molar-refractivity contribution in [3.05, 3.63) is 26.4 Å². The molecule has 7 nitrogen and oxygen atoms in total. The molecule has 0 saturated heterocycles. The standard InChI is InChI=1S/C8H10N4O3S/c1-5-10-12(8(13)16-5)3-6-9-7(4-14-2)15-11-6/h3-4H2,1-2H3. The molecule has 0 aliphatic carbocycles. The van der Waals surface area contributed by atoms with Crippen molar-refractivity contribution in [3.8, 4) is 0 Å². The fourth-order valence-corrected chi connectivity index (χ4v) is 1.78. The first-order valence-electron chi connectivity index (χ1n) is 4.54. The van der Waals surface area contributed by atoms with Gasteiger partial charge in [-0.2, -0.15) is 10.1 Å². The molecule has 0 amide bonds. The molecule has 2 aromatic rings. The summed E-state index contributed by atoms with van der Waals surface area (Å²) in [6.45, 7) is 2.25. The molecule has 2 rings (SSSR count). The van der Waals surface area contributed by atoms with Crippen molar-refractivity contribution in [2.75, 3.05) is 7.11 Å². The van der Waals surface area contributed by atoms with Crippen molar-refractivity contribution in [1.82, 2.24) is 19.9 Å². The minimum absolute atomic E-state index is 0.129. The third-order valence-electron chi connectivity index (χ3n) is 1.78. The van der Waals surface area contributed by atoms with Crippen molar-refractivity contribution >= 4 is 11.3 Å². The van der Waals surface area contributed by atoms with E-state index in [-0.39, 0.29) is 18.0 Å². The van der Waals surface area contributed by atoms with Crippen LogP contribution in [-0.4, -0.2) is 27.0 Å². The molecule has 0 aromatic carbocycles. The average Bonchev–Trinajstić information content (AvgIpc) is 2.76. The molecule has 0 fully saturated rings. The third-order valence-corrected chi connectivity index (χ3v) is 2.54. The van der Waals surface area contributed by atoms with Gasteiger partial charge in [-0.25, -0.2) is 4.68 Å². The van der Waals surface area contributed by atoms with Crippen molar-refractivity contribution < 1.29 is 9.26 Å². The zero-order valence-corrected chi connectivity index (χ0v) is 9.65. The molecule has 86 valence electrons. The molecule has 0 saturated carbocycles. The molecule has 0 spiro atoms. The maximum atomic E-state index is 11.4. The number of hydrogen-bond donors (Lipinski definition) is 0. The summed E-state index contributed by atoms with van der Waals surface area (Å²) < 4.78 is 11.0.